The van der Waals surface area contributed by atoms with E-state index < -0.39 is 11.4 Å². The summed E-state index contributed by atoms with van der Waals surface area (Å²) in [5.41, 5.74) is 0.783. The second kappa shape index (κ2) is 7.43. The lowest BCUT2D eigenvalue weighted by Gasteiger charge is -2.51. The molecule has 1 amide bonds. The Morgan fingerprint density at radius 3 is 2.73 bits per heavy atom. The largest absolute Gasteiger partial charge is 0.444 e. The topological polar surface area (TPSA) is 77.1 Å². The normalized spacial score (nSPS) is 22.7. The number of carbonyl (C=O) groups is 1. The van der Waals surface area contributed by atoms with Gasteiger partial charge in [-0.1, -0.05) is 0 Å². The SMILES string of the molecule is CC1CN(c2ccc(C#N)n3ncc(F)c23)CC2CN(C(=O)OC(C)(C)C)CCN12. The molecule has 0 bridgehead atoms. The van der Waals surface area contributed by atoms with E-state index in [0.717, 1.165) is 19.3 Å². The van der Waals surface area contributed by atoms with E-state index >= 15 is 0 Å². The summed E-state index contributed by atoms with van der Waals surface area (Å²) in [6, 6.07) is 5.86. The molecule has 2 aliphatic rings. The Hall–Kier alpha value is -2.86. The van der Waals surface area contributed by atoms with Crippen molar-refractivity contribution in [3.63, 3.8) is 0 Å². The van der Waals surface area contributed by atoms with Crippen molar-refractivity contribution >= 4 is 17.3 Å². The third-order valence-electron chi connectivity index (χ3n) is 5.71. The van der Waals surface area contributed by atoms with E-state index in [0.29, 0.717) is 30.8 Å². The van der Waals surface area contributed by atoms with Crippen LogP contribution < -0.4 is 4.90 Å². The average Bonchev–Trinajstić information content (AvgIpc) is 3.07. The van der Waals surface area contributed by atoms with Crippen molar-refractivity contribution in [3.05, 3.63) is 29.8 Å². The van der Waals surface area contributed by atoms with Crippen molar-refractivity contribution in [2.24, 2.45) is 0 Å². The van der Waals surface area contributed by atoms with Gasteiger partial charge in [0, 0.05) is 44.8 Å². The molecule has 0 N–H and O–H groups in total. The van der Waals surface area contributed by atoms with Crippen LogP contribution in [0.4, 0.5) is 14.9 Å². The minimum atomic E-state index is -0.534. The number of rotatable bonds is 1. The quantitative estimate of drug-likeness (QED) is 0.714. The third kappa shape index (κ3) is 3.67. The van der Waals surface area contributed by atoms with Crippen molar-refractivity contribution in [3.8, 4) is 6.07 Å². The first-order chi connectivity index (χ1) is 14.2. The van der Waals surface area contributed by atoms with Crippen LogP contribution in [0, 0.1) is 17.1 Å². The van der Waals surface area contributed by atoms with Crippen molar-refractivity contribution < 1.29 is 13.9 Å². The maximum absolute atomic E-state index is 14.5. The van der Waals surface area contributed by atoms with Crippen LogP contribution in [-0.4, -0.2) is 75.9 Å². The van der Waals surface area contributed by atoms with Gasteiger partial charge in [0.15, 0.2) is 5.82 Å². The van der Waals surface area contributed by atoms with E-state index in [-0.39, 0.29) is 23.9 Å². The molecular weight excluding hydrogens is 387 g/mol. The lowest BCUT2D eigenvalue weighted by Crippen LogP contribution is -2.66. The molecule has 2 saturated heterocycles. The number of nitrogens with zero attached hydrogens (tertiary/aromatic N) is 6. The van der Waals surface area contributed by atoms with E-state index in [4.69, 9.17) is 4.74 Å². The second-order valence-electron chi connectivity index (χ2n) is 9.04. The summed E-state index contributed by atoms with van der Waals surface area (Å²) < 4.78 is 21.4. The number of nitriles is 1. The predicted octanol–water partition coefficient (Wildman–Crippen LogP) is 2.47. The summed E-state index contributed by atoms with van der Waals surface area (Å²) in [4.78, 5) is 18.9. The first kappa shape index (κ1) is 20.4. The highest BCUT2D eigenvalue weighted by Crippen LogP contribution is 2.30. The molecule has 2 aliphatic heterocycles. The van der Waals surface area contributed by atoms with Gasteiger partial charge < -0.3 is 14.5 Å². The molecule has 0 saturated carbocycles. The monoisotopic (exact) mass is 414 g/mol. The third-order valence-corrected chi connectivity index (χ3v) is 5.71. The first-order valence-corrected chi connectivity index (χ1v) is 10.2. The van der Waals surface area contributed by atoms with Gasteiger partial charge in [-0.25, -0.2) is 13.7 Å². The number of anilines is 1. The molecule has 2 atom stereocenters. The summed E-state index contributed by atoms with van der Waals surface area (Å²) in [5, 5.41) is 13.3. The van der Waals surface area contributed by atoms with Gasteiger partial charge >= 0.3 is 6.09 Å². The van der Waals surface area contributed by atoms with E-state index in [9.17, 15) is 14.4 Å². The number of halogens is 1. The summed E-state index contributed by atoms with van der Waals surface area (Å²) in [6.07, 6.45) is 0.846. The fourth-order valence-corrected chi connectivity index (χ4v) is 4.44. The van der Waals surface area contributed by atoms with Gasteiger partial charge in [0.25, 0.3) is 0 Å². The number of hydrogen-bond donors (Lipinski definition) is 0. The van der Waals surface area contributed by atoms with Crippen LogP contribution in [0.15, 0.2) is 18.3 Å². The molecule has 0 radical (unpaired) electrons. The Kier molecular flexibility index (Phi) is 5.06. The molecule has 2 fully saturated rings. The van der Waals surface area contributed by atoms with E-state index in [1.807, 2.05) is 20.8 Å². The Morgan fingerprint density at radius 1 is 1.27 bits per heavy atom. The number of ether oxygens (including phenoxy) is 1. The Labute approximate surface area is 175 Å². The van der Waals surface area contributed by atoms with Crippen LogP contribution in [-0.2, 0) is 4.74 Å². The maximum Gasteiger partial charge on any atom is 0.410 e. The highest BCUT2D eigenvalue weighted by atomic mass is 19.1. The smallest absolute Gasteiger partial charge is 0.410 e. The standard InChI is InChI=1S/C21H27FN6O2/c1-14-11-26(18-6-5-15(9-23)28-19(18)17(22)10-24-28)13-16-12-25(7-8-27(14)16)20(29)30-21(2,3)4/h5-6,10,14,16H,7-8,11-13H2,1-4H3. The number of fused-ring (bicyclic) bond motifs is 2. The molecule has 30 heavy (non-hydrogen) atoms. The summed E-state index contributed by atoms with van der Waals surface area (Å²) in [6.45, 7) is 11.1. The molecule has 2 aromatic rings. The molecular formula is C21H27FN6O2. The Bertz CT molecular complexity index is 1010. The molecule has 4 heterocycles. The van der Waals surface area contributed by atoms with Gasteiger partial charge in [-0.3, -0.25) is 4.90 Å². The van der Waals surface area contributed by atoms with Crippen LogP contribution in [0.3, 0.4) is 0 Å². The summed E-state index contributed by atoms with van der Waals surface area (Å²) in [7, 11) is 0. The van der Waals surface area contributed by atoms with Crippen LogP contribution in [0.1, 0.15) is 33.4 Å². The molecule has 160 valence electrons. The fourth-order valence-electron chi connectivity index (χ4n) is 4.44. The van der Waals surface area contributed by atoms with Gasteiger partial charge in [-0.2, -0.15) is 10.4 Å². The highest BCUT2D eigenvalue weighted by molar-refractivity contribution is 5.75. The van der Waals surface area contributed by atoms with Crippen LogP contribution in [0.2, 0.25) is 0 Å². The molecule has 0 aliphatic carbocycles. The molecule has 2 aromatic heterocycles. The second-order valence-corrected chi connectivity index (χ2v) is 9.04. The van der Waals surface area contributed by atoms with Gasteiger partial charge in [0.1, 0.15) is 22.9 Å². The zero-order valence-electron chi connectivity index (χ0n) is 17.8. The average molecular weight is 414 g/mol. The van der Waals surface area contributed by atoms with Gasteiger partial charge in [-0.05, 0) is 39.8 Å². The molecule has 0 spiro atoms. The van der Waals surface area contributed by atoms with Crippen LogP contribution in [0.25, 0.3) is 5.52 Å². The van der Waals surface area contributed by atoms with Gasteiger partial charge in [0.2, 0.25) is 0 Å². The van der Waals surface area contributed by atoms with Gasteiger partial charge in [-0.15, -0.1) is 0 Å². The maximum atomic E-state index is 14.5. The van der Waals surface area contributed by atoms with Crippen LogP contribution >= 0.6 is 0 Å². The first-order valence-electron chi connectivity index (χ1n) is 10.2. The van der Waals surface area contributed by atoms with Crippen molar-refractivity contribution in [2.75, 3.05) is 37.6 Å². The highest BCUT2D eigenvalue weighted by Gasteiger charge is 2.39. The lowest BCUT2D eigenvalue weighted by molar-refractivity contribution is -0.00655. The van der Waals surface area contributed by atoms with Crippen molar-refractivity contribution in [2.45, 2.75) is 45.4 Å². The molecule has 4 rings (SSSR count). The fraction of sp³-hybridized carbons (Fsp3) is 0.571. The van der Waals surface area contributed by atoms with E-state index in [1.54, 1.807) is 17.0 Å². The minimum absolute atomic E-state index is 0.108. The van der Waals surface area contributed by atoms with E-state index in [1.165, 1.54) is 4.52 Å². The predicted molar refractivity (Wildman–Crippen MR) is 110 cm³/mol. The number of pyridine rings is 1. The number of amides is 1. The van der Waals surface area contributed by atoms with Crippen molar-refractivity contribution in [1.82, 2.24) is 19.4 Å². The zero-order chi connectivity index (χ0) is 21.6. The van der Waals surface area contributed by atoms with Gasteiger partial charge in [0.05, 0.1) is 11.9 Å². The number of aromatic nitrogens is 2. The molecule has 2 unspecified atom stereocenters. The van der Waals surface area contributed by atoms with Crippen molar-refractivity contribution in [1.29, 1.82) is 5.26 Å². The minimum Gasteiger partial charge on any atom is -0.444 e. The lowest BCUT2D eigenvalue weighted by atomic mass is 10.0. The summed E-state index contributed by atoms with van der Waals surface area (Å²) in [5.74, 6) is -0.448. The van der Waals surface area contributed by atoms with Crippen LogP contribution in [0.5, 0.6) is 0 Å². The molecule has 0 aromatic carbocycles. The number of hydrogen-bond acceptors (Lipinski definition) is 6. The molecule has 8 nitrogen and oxygen atoms in total. The Balaban J connectivity index is 1.59. The molecule has 9 heteroatoms. The zero-order valence-corrected chi connectivity index (χ0v) is 17.8. The number of piperazine rings is 2. The number of carbonyl (C=O) groups excluding carboxylic acids is 1. The van der Waals surface area contributed by atoms with E-state index in [2.05, 4.69) is 27.9 Å². The Morgan fingerprint density at radius 2 is 2.03 bits per heavy atom. The summed E-state index contributed by atoms with van der Waals surface area (Å²) >= 11 is 0.